The molecular weight excluding hydrogens is 457 g/mol. The number of sulfonamides is 1. The van der Waals surface area contributed by atoms with Crippen LogP contribution in [-0.4, -0.2) is 33.6 Å². The van der Waals surface area contributed by atoms with Gasteiger partial charge in [0, 0.05) is 21.9 Å². The van der Waals surface area contributed by atoms with Crippen molar-refractivity contribution >= 4 is 47.8 Å². The second-order valence-electron chi connectivity index (χ2n) is 4.11. The number of rotatable bonds is 6. The third kappa shape index (κ3) is 6.63. The molecule has 0 aliphatic carbocycles. The molecular formula is C11H11Br2F3N2O3S. The predicted molar refractivity (Wildman–Crippen MR) is 80.7 cm³/mol. The maximum atomic E-state index is 12.0. The van der Waals surface area contributed by atoms with E-state index in [1.807, 2.05) is 0 Å². The number of hydrogen-bond acceptors (Lipinski definition) is 3. The maximum absolute atomic E-state index is 12.0. The lowest BCUT2D eigenvalue weighted by molar-refractivity contribution is -0.138. The molecule has 0 fully saturated rings. The summed E-state index contributed by atoms with van der Waals surface area (Å²) in [4.78, 5) is 11.1. The molecule has 2 N–H and O–H groups in total. The first kappa shape index (κ1) is 19.4. The molecule has 11 heteroatoms. The van der Waals surface area contributed by atoms with Gasteiger partial charge in [0.1, 0.15) is 6.54 Å². The summed E-state index contributed by atoms with van der Waals surface area (Å²) in [7, 11) is -3.88. The van der Waals surface area contributed by atoms with Crippen molar-refractivity contribution in [1.82, 2.24) is 10.0 Å². The van der Waals surface area contributed by atoms with Gasteiger partial charge in [0.25, 0.3) is 0 Å². The van der Waals surface area contributed by atoms with Gasteiger partial charge >= 0.3 is 6.18 Å². The third-order valence-electron chi connectivity index (χ3n) is 2.31. The molecule has 0 aliphatic rings. The van der Waals surface area contributed by atoms with Gasteiger partial charge in [-0.25, -0.2) is 13.1 Å². The van der Waals surface area contributed by atoms with Crippen molar-refractivity contribution in [3.05, 3.63) is 27.1 Å². The zero-order valence-corrected chi connectivity index (χ0v) is 14.9. The van der Waals surface area contributed by atoms with Gasteiger partial charge < -0.3 is 5.32 Å². The molecule has 0 radical (unpaired) electrons. The second-order valence-corrected chi connectivity index (χ2v) is 7.62. The summed E-state index contributed by atoms with van der Waals surface area (Å²) in [5.74, 6) is -0.895. The van der Waals surface area contributed by atoms with Crippen LogP contribution in [0.2, 0.25) is 0 Å². The fraction of sp³-hybridized carbons (Fsp3) is 0.364. The van der Waals surface area contributed by atoms with Gasteiger partial charge in [-0.1, -0.05) is 15.9 Å². The van der Waals surface area contributed by atoms with Crippen molar-refractivity contribution in [1.29, 1.82) is 0 Å². The summed E-state index contributed by atoms with van der Waals surface area (Å²) >= 11 is 6.23. The lowest BCUT2D eigenvalue weighted by Gasteiger charge is -2.10. The molecule has 0 aromatic heterocycles. The largest absolute Gasteiger partial charge is 0.405 e. The van der Waals surface area contributed by atoms with E-state index in [9.17, 15) is 26.4 Å². The van der Waals surface area contributed by atoms with Crippen molar-refractivity contribution in [3.63, 3.8) is 0 Å². The Morgan fingerprint density at radius 1 is 1.23 bits per heavy atom. The van der Waals surface area contributed by atoms with Crippen LogP contribution >= 0.6 is 31.9 Å². The third-order valence-corrected chi connectivity index (χ3v) is 5.26. The van der Waals surface area contributed by atoms with Crippen LogP contribution in [0, 0.1) is 0 Å². The molecule has 1 rings (SSSR count). The Morgan fingerprint density at radius 2 is 1.86 bits per heavy atom. The van der Waals surface area contributed by atoms with Crippen molar-refractivity contribution in [3.8, 4) is 0 Å². The van der Waals surface area contributed by atoms with E-state index in [-0.39, 0.29) is 11.4 Å². The Labute approximate surface area is 142 Å². The van der Waals surface area contributed by atoms with Gasteiger partial charge in [-0.05, 0) is 34.1 Å². The molecule has 5 nitrogen and oxygen atoms in total. The van der Waals surface area contributed by atoms with Crippen LogP contribution in [0.5, 0.6) is 0 Å². The highest BCUT2D eigenvalue weighted by molar-refractivity contribution is 9.11. The van der Waals surface area contributed by atoms with Crippen LogP contribution in [0.1, 0.15) is 6.42 Å². The molecule has 1 aromatic carbocycles. The van der Waals surface area contributed by atoms with Crippen LogP contribution in [0.3, 0.4) is 0 Å². The molecule has 0 saturated heterocycles. The van der Waals surface area contributed by atoms with Crippen molar-refractivity contribution in [2.45, 2.75) is 17.5 Å². The Bertz CT molecular complexity index is 650. The Balaban J connectivity index is 2.57. The molecule has 1 amide bonds. The lowest BCUT2D eigenvalue weighted by Crippen LogP contribution is -2.36. The molecule has 0 unspecified atom stereocenters. The van der Waals surface area contributed by atoms with Crippen molar-refractivity contribution in [2.75, 3.05) is 13.1 Å². The number of benzene rings is 1. The molecule has 0 heterocycles. The topological polar surface area (TPSA) is 75.3 Å². The van der Waals surface area contributed by atoms with Gasteiger partial charge in [0.15, 0.2) is 0 Å². The Morgan fingerprint density at radius 3 is 2.45 bits per heavy atom. The van der Waals surface area contributed by atoms with Gasteiger partial charge in [-0.3, -0.25) is 4.79 Å². The number of carbonyl (C=O) groups excluding carboxylic acids is 1. The summed E-state index contributed by atoms with van der Waals surface area (Å²) in [6.07, 6.45) is -4.91. The second kappa shape index (κ2) is 7.75. The first-order valence-corrected chi connectivity index (χ1v) is 8.86. The summed E-state index contributed by atoms with van der Waals surface area (Å²) < 4.78 is 62.8. The highest BCUT2D eigenvalue weighted by atomic mass is 79.9. The zero-order chi connectivity index (χ0) is 17.0. The van der Waals surface area contributed by atoms with Crippen LogP contribution in [0.25, 0.3) is 0 Å². The normalized spacial score (nSPS) is 12.2. The summed E-state index contributed by atoms with van der Waals surface area (Å²) in [6.45, 7) is -1.76. The van der Waals surface area contributed by atoms with Crippen LogP contribution in [0.15, 0.2) is 32.0 Å². The monoisotopic (exact) mass is 466 g/mol. The summed E-state index contributed by atoms with van der Waals surface area (Å²) in [5.41, 5.74) is 0. The molecule has 1 aromatic rings. The van der Waals surface area contributed by atoms with Crippen LogP contribution < -0.4 is 10.0 Å². The summed E-state index contributed by atoms with van der Waals surface area (Å²) in [5, 5.41) is 1.65. The van der Waals surface area contributed by atoms with E-state index < -0.39 is 35.1 Å². The minimum Gasteiger partial charge on any atom is -0.347 e. The molecule has 0 aliphatic heterocycles. The minimum atomic E-state index is -4.50. The van der Waals surface area contributed by atoms with E-state index in [0.29, 0.717) is 8.95 Å². The smallest absolute Gasteiger partial charge is 0.347 e. The highest BCUT2D eigenvalue weighted by Crippen LogP contribution is 2.25. The average Bonchev–Trinajstić information content (AvgIpc) is 2.38. The number of carbonyl (C=O) groups is 1. The first-order valence-electron chi connectivity index (χ1n) is 5.79. The quantitative estimate of drug-likeness (QED) is 0.675. The highest BCUT2D eigenvalue weighted by Gasteiger charge is 2.27. The Kier molecular flexibility index (Phi) is 6.84. The fourth-order valence-electron chi connectivity index (χ4n) is 1.35. The molecule has 0 saturated carbocycles. The number of halogens is 5. The fourth-order valence-corrected chi connectivity index (χ4v) is 3.88. The SMILES string of the molecule is O=C(CCNS(=O)(=O)c1cc(Br)ccc1Br)NCC(F)(F)F. The van der Waals surface area contributed by atoms with Crippen molar-refractivity contribution < 1.29 is 26.4 Å². The number of amides is 1. The van der Waals surface area contributed by atoms with Gasteiger partial charge in [-0.15, -0.1) is 0 Å². The number of alkyl halides is 3. The number of hydrogen-bond donors (Lipinski definition) is 2. The average molecular weight is 468 g/mol. The van der Waals surface area contributed by atoms with E-state index in [1.165, 1.54) is 12.1 Å². The van der Waals surface area contributed by atoms with Crippen LogP contribution in [-0.2, 0) is 14.8 Å². The number of nitrogens with one attached hydrogen (secondary N) is 2. The van der Waals surface area contributed by atoms with Gasteiger partial charge in [0.05, 0.1) is 4.90 Å². The standard InChI is InChI=1S/C11H11Br2F3N2O3S/c12-7-1-2-8(13)9(5-7)22(20,21)18-4-3-10(19)17-6-11(14,15)16/h1-2,5,18H,3-4,6H2,(H,17,19). The molecule has 0 spiro atoms. The van der Waals surface area contributed by atoms with E-state index >= 15 is 0 Å². The molecule has 0 bridgehead atoms. The van der Waals surface area contributed by atoms with E-state index in [2.05, 4.69) is 36.6 Å². The van der Waals surface area contributed by atoms with Crippen molar-refractivity contribution in [2.24, 2.45) is 0 Å². The van der Waals surface area contributed by atoms with Crippen LogP contribution in [0.4, 0.5) is 13.2 Å². The Hall–Kier alpha value is -0.650. The van der Waals surface area contributed by atoms with E-state index in [1.54, 1.807) is 11.4 Å². The molecule has 0 atom stereocenters. The zero-order valence-electron chi connectivity index (χ0n) is 10.9. The molecule has 124 valence electrons. The molecule has 22 heavy (non-hydrogen) atoms. The van der Waals surface area contributed by atoms with Gasteiger partial charge in [-0.2, -0.15) is 13.2 Å². The minimum absolute atomic E-state index is 0.0439. The lowest BCUT2D eigenvalue weighted by atomic mass is 10.4. The van der Waals surface area contributed by atoms with Gasteiger partial charge in [0.2, 0.25) is 15.9 Å². The maximum Gasteiger partial charge on any atom is 0.405 e. The summed E-state index contributed by atoms with van der Waals surface area (Å²) in [6, 6.07) is 4.51. The van der Waals surface area contributed by atoms with E-state index in [0.717, 1.165) is 0 Å². The first-order chi connectivity index (χ1) is 10.0. The predicted octanol–water partition coefficient (Wildman–Crippen LogP) is 2.56. The van der Waals surface area contributed by atoms with E-state index in [4.69, 9.17) is 0 Å².